The van der Waals surface area contributed by atoms with Gasteiger partial charge >= 0.3 is 0 Å². The maximum absolute atomic E-state index is 12.0. The van der Waals surface area contributed by atoms with Crippen LogP contribution in [0.2, 0.25) is 0 Å². The van der Waals surface area contributed by atoms with Crippen molar-refractivity contribution in [1.82, 2.24) is 25.5 Å². The molecule has 1 fully saturated rings. The van der Waals surface area contributed by atoms with Gasteiger partial charge < -0.3 is 14.8 Å². The van der Waals surface area contributed by atoms with Crippen molar-refractivity contribution in [3.05, 3.63) is 18.4 Å². The summed E-state index contributed by atoms with van der Waals surface area (Å²) >= 11 is 0. The number of aliphatic hydroxyl groups is 1. The van der Waals surface area contributed by atoms with Crippen LogP contribution in [0.1, 0.15) is 19.3 Å². The molecule has 0 radical (unpaired) electrons. The summed E-state index contributed by atoms with van der Waals surface area (Å²) < 4.78 is 5.17. The van der Waals surface area contributed by atoms with E-state index in [-0.39, 0.29) is 31.0 Å². The van der Waals surface area contributed by atoms with Crippen molar-refractivity contribution in [3.8, 4) is 11.6 Å². The highest BCUT2D eigenvalue weighted by Crippen LogP contribution is 2.24. The van der Waals surface area contributed by atoms with Crippen LogP contribution in [-0.2, 0) is 11.3 Å². The van der Waals surface area contributed by atoms with Gasteiger partial charge in [-0.05, 0) is 30.2 Å². The van der Waals surface area contributed by atoms with Gasteiger partial charge in [0.1, 0.15) is 6.54 Å². The molecule has 1 amide bonds. The molecule has 2 atom stereocenters. The molecule has 3 rings (SSSR count). The van der Waals surface area contributed by atoms with E-state index < -0.39 is 0 Å². The standard InChI is InChI=1S/C13H17N5O3/c19-8-9-3-1-4-10(9)14-12(20)7-18-16-13(15-17-18)11-5-2-6-21-11/h2,5-6,9-10,19H,1,3-4,7-8H2,(H,14,20). The third-order valence-electron chi connectivity index (χ3n) is 3.72. The van der Waals surface area contributed by atoms with Crippen molar-refractivity contribution in [2.45, 2.75) is 31.8 Å². The molecule has 1 aliphatic rings. The molecule has 8 heteroatoms. The molecule has 0 aromatic carbocycles. The molecule has 1 aliphatic carbocycles. The van der Waals surface area contributed by atoms with E-state index in [1.54, 1.807) is 12.1 Å². The molecular formula is C13H17N5O3. The molecule has 0 bridgehead atoms. The Morgan fingerprint density at radius 3 is 3.19 bits per heavy atom. The Morgan fingerprint density at radius 1 is 1.52 bits per heavy atom. The van der Waals surface area contributed by atoms with Crippen molar-refractivity contribution >= 4 is 5.91 Å². The Hall–Kier alpha value is -2.22. The summed E-state index contributed by atoms with van der Waals surface area (Å²) in [6.07, 6.45) is 4.41. The molecule has 112 valence electrons. The molecule has 2 aromatic rings. The van der Waals surface area contributed by atoms with Crippen LogP contribution in [0, 0.1) is 5.92 Å². The highest BCUT2D eigenvalue weighted by atomic mass is 16.3. The van der Waals surface area contributed by atoms with Crippen LogP contribution in [0.4, 0.5) is 0 Å². The van der Waals surface area contributed by atoms with Crippen LogP contribution >= 0.6 is 0 Å². The van der Waals surface area contributed by atoms with Gasteiger partial charge in [0, 0.05) is 18.6 Å². The van der Waals surface area contributed by atoms with Crippen molar-refractivity contribution in [2.24, 2.45) is 5.92 Å². The molecule has 0 spiro atoms. The van der Waals surface area contributed by atoms with Gasteiger partial charge in [0.15, 0.2) is 5.76 Å². The largest absolute Gasteiger partial charge is 0.461 e. The van der Waals surface area contributed by atoms with Gasteiger partial charge in [-0.1, -0.05) is 6.42 Å². The van der Waals surface area contributed by atoms with Crippen LogP contribution in [0.25, 0.3) is 11.6 Å². The van der Waals surface area contributed by atoms with E-state index in [1.165, 1.54) is 11.1 Å². The van der Waals surface area contributed by atoms with E-state index in [1.807, 2.05) is 0 Å². The summed E-state index contributed by atoms with van der Waals surface area (Å²) in [6, 6.07) is 3.50. The summed E-state index contributed by atoms with van der Waals surface area (Å²) in [7, 11) is 0. The number of aromatic nitrogens is 4. The molecule has 1 saturated carbocycles. The second-order valence-electron chi connectivity index (χ2n) is 5.17. The fraction of sp³-hybridized carbons (Fsp3) is 0.538. The first-order chi connectivity index (χ1) is 10.3. The molecule has 2 unspecified atom stereocenters. The van der Waals surface area contributed by atoms with Crippen LogP contribution in [-0.4, -0.2) is 43.9 Å². The number of rotatable bonds is 5. The van der Waals surface area contributed by atoms with Crippen molar-refractivity contribution in [3.63, 3.8) is 0 Å². The first-order valence-corrected chi connectivity index (χ1v) is 6.98. The summed E-state index contributed by atoms with van der Waals surface area (Å²) in [5.74, 6) is 0.833. The number of amides is 1. The minimum absolute atomic E-state index is 0.00234. The molecule has 0 saturated heterocycles. The van der Waals surface area contributed by atoms with Gasteiger partial charge in [0.05, 0.1) is 6.26 Å². The Bertz CT molecular complexity index is 595. The normalized spacial score (nSPS) is 21.6. The first kappa shape index (κ1) is 13.7. The molecule has 2 aromatic heterocycles. The van der Waals surface area contributed by atoms with Crippen molar-refractivity contribution in [1.29, 1.82) is 0 Å². The second-order valence-corrected chi connectivity index (χ2v) is 5.17. The average molecular weight is 291 g/mol. The summed E-state index contributed by atoms with van der Waals surface area (Å²) in [5.41, 5.74) is 0. The van der Waals surface area contributed by atoms with Gasteiger partial charge in [-0.15, -0.1) is 10.2 Å². The lowest BCUT2D eigenvalue weighted by Gasteiger charge is -2.18. The van der Waals surface area contributed by atoms with E-state index in [0.29, 0.717) is 11.6 Å². The van der Waals surface area contributed by atoms with Crippen molar-refractivity contribution < 1.29 is 14.3 Å². The number of aliphatic hydroxyl groups excluding tert-OH is 1. The average Bonchev–Trinajstić information content (AvgIpc) is 3.19. The minimum atomic E-state index is -0.177. The highest BCUT2D eigenvalue weighted by molar-refractivity contribution is 5.75. The van der Waals surface area contributed by atoms with E-state index in [2.05, 4.69) is 20.7 Å². The van der Waals surface area contributed by atoms with Gasteiger partial charge in [-0.25, -0.2) is 0 Å². The van der Waals surface area contributed by atoms with Crippen molar-refractivity contribution in [2.75, 3.05) is 6.61 Å². The number of nitrogens with one attached hydrogen (secondary N) is 1. The smallest absolute Gasteiger partial charge is 0.243 e. The molecule has 8 nitrogen and oxygen atoms in total. The van der Waals surface area contributed by atoms with E-state index in [9.17, 15) is 9.90 Å². The van der Waals surface area contributed by atoms with Crippen LogP contribution in [0.3, 0.4) is 0 Å². The quantitative estimate of drug-likeness (QED) is 0.815. The summed E-state index contributed by atoms with van der Waals surface area (Å²) in [6.45, 7) is 0.109. The maximum Gasteiger partial charge on any atom is 0.243 e. The lowest BCUT2D eigenvalue weighted by atomic mass is 10.1. The lowest BCUT2D eigenvalue weighted by Crippen LogP contribution is -2.40. The second kappa shape index (κ2) is 6.04. The monoisotopic (exact) mass is 291 g/mol. The molecular weight excluding hydrogens is 274 g/mol. The Kier molecular flexibility index (Phi) is 3.96. The van der Waals surface area contributed by atoms with E-state index in [4.69, 9.17) is 4.42 Å². The third kappa shape index (κ3) is 3.10. The predicted molar refractivity (Wildman–Crippen MR) is 71.9 cm³/mol. The number of hydrogen-bond acceptors (Lipinski definition) is 6. The predicted octanol–water partition coefficient (Wildman–Crippen LogP) is 0.210. The number of carbonyl (C=O) groups is 1. The first-order valence-electron chi connectivity index (χ1n) is 6.98. The van der Waals surface area contributed by atoms with Crippen LogP contribution in [0.5, 0.6) is 0 Å². The molecule has 2 N–H and O–H groups in total. The number of carbonyl (C=O) groups excluding carboxylic acids is 1. The fourth-order valence-electron chi connectivity index (χ4n) is 2.64. The number of tetrazole rings is 1. The zero-order chi connectivity index (χ0) is 14.7. The van der Waals surface area contributed by atoms with E-state index >= 15 is 0 Å². The Morgan fingerprint density at radius 2 is 2.43 bits per heavy atom. The highest BCUT2D eigenvalue weighted by Gasteiger charge is 2.28. The maximum atomic E-state index is 12.0. The Labute approximate surface area is 121 Å². The fourth-order valence-corrected chi connectivity index (χ4v) is 2.64. The van der Waals surface area contributed by atoms with Gasteiger partial charge in [0.25, 0.3) is 0 Å². The third-order valence-corrected chi connectivity index (χ3v) is 3.72. The molecule has 21 heavy (non-hydrogen) atoms. The number of furan rings is 1. The lowest BCUT2D eigenvalue weighted by molar-refractivity contribution is -0.123. The topological polar surface area (TPSA) is 106 Å². The molecule has 0 aliphatic heterocycles. The van der Waals surface area contributed by atoms with Crippen LogP contribution in [0.15, 0.2) is 22.8 Å². The summed E-state index contributed by atoms with van der Waals surface area (Å²) in [5, 5.41) is 23.9. The van der Waals surface area contributed by atoms with Gasteiger partial charge in [-0.3, -0.25) is 4.79 Å². The zero-order valence-electron chi connectivity index (χ0n) is 11.5. The summed E-state index contributed by atoms with van der Waals surface area (Å²) in [4.78, 5) is 13.2. The Balaban J connectivity index is 1.58. The number of hydrogen-bond donors (Lipinski definition) is 2. The van der Waals surface area contributed by atoms with Gasteiger partial charge in [-0.2, -0.15) is 4.80 Å². The SMILES string of the molecule is O=C(Cn1nnc(-c2ccco2)n1)NC1CCCC1CO. The van der Waals surface area contributed by atoms with E-state index in [0.717, 1.165) is 19.3 Å². The molecule has 2 heterocycles. The minimum Gasteiger partial charge on any atom is -0.461 e. The van der Waals surface area contributed by atoms with Crippen LogP contribution < -0.4 is 5.32 Å². The zero-order valence-corrected chi connectivity index (χ0v) is 11.5. The number of nitrogens with zero attached hydrogens (tertiary/aromatic N) is 4. The van der Waals surface area contributed by atoms with Gasteiger partial charge in [0.2, 0.25) is 11.7 Å².